The maximum Gasteiger partial charge on any atom is 0.195 e. The van der Waals surface area contributed by atoms with Gasteiger partial charge in [0.15, 0.2) is 10.8 Å². The van der Waals surface area contributed by atoms with Gasteiger partial charge in [0.2, 0.25) is 0 Å². The smallest absolute Gasteiger partial charge is 0.195 e. The van der Waals surface area contributed by atoms with E-state index in [1.165, 1.54) is 18.5 Å². The van der Waals surface area contributed by atoms with Gasteiger partial charge in [-0.2, -0.15) is 0 Å². The molecule has 2 aromatic rings. The molecule has 19 heavy (non-hydrogen) atoms. The molecule has 0 aromatic carbocycles. The Labute approximate surface area is 117 Å². The van der Waals surface area contributed by atoms with Crippen LogP contribution in [0.4, 0.5) is 5.82 Å². The van der Waals surface area contributed by atoms with Crippen LogP contribution in [0.1, 0.15) is 18.5 Å². The molecule has 1 aliphatic rings. The van der Waals surface area contributed by atoms with Crippen LogP contribution in [0, 0.1) is 0 Å². The molecule has 0 bridgehead atoms. The Bertz CT molecular complexity index is 530. The van der Waals surface area contributed by atoms with Crippen LogP contribution in [0.15, 0.2) is 11.6 Å². The minimum Gasteiger partial charge on any atom is -0.383 e. The first-order chi connectivity index (χ1) is 9.40. The SMILES string of the molecule is COCCNCc1c(N2CCCC2)nc2sccn12. The summed E-state index contributed by atoms with van der Waals surface area (Å²) in [6, 6.07) is 0. The Morgan fingerprint density at radius 1 is 1.42 bits per heavy atom. The van der Waals surface area contributed by atoms with Crippen LogP contribution in [0.3, 0.4) is 0 Å². The second kappa shape index (κ2) is 5.90. The molecule has 0 atom stereocenters. The van der Waals surface area contributed by atoms with E-state index in [-0.39, 0.29) is 0 Å². The van der Waals surface area contributed by atoms with Crippen LogP contribution in [0.25, 0.3) is 4.96 Å². The van der Waals surface area contributed by atoms with Crippen molar-refractivity contribution in [1.29, 1.82) is 0 Å². The van der Waals surface area contributed by atoms with Gasteiger partial charge >= 0.3 is 0 Å². The first-order valence-electron chi connectivity index (χ1n) is 6.79. The van der Waals surface area contributed by atoms with Crippen molar-refractivity contribution in [3.8, 4) is 0 Å². The van der Waals surface area contributed by atoms with E-state index in [4.69, 9.17) is 9.72 Å². The van der Waals surface area contributed by atoms with Crippen molar-refractivity contribution in [2.24, 2.45) is 0 Å². The molecule has 2 aromatic heterocycles. The lowest BCUT2D eigenvalue weighted by molar-refractivity contribution is 0.199. The summed E-state index contributed by atoms with van der Waals surface area (Å²) in [4.78, 5) is 8.29. The number of rotatable bonds is 6. The summed E-state index contributed by atoms with van der Waals surface area (Å²) in [7, 11) is 1.73. The Kier molecular flexibility index (Phi) is 4.00. The number of fused-ring (bicyclic) bond motifs is 1. The molecule has 104 valence electrons. The Morgan fingerprint density at radius 2 is 2.26 bits per heavy atom. The first kappa shape index (κ1) is 12.9. The quantitative estimate of drug-likeness (QED) is 0.818. The summed E-state index contributed by atoms with van der Waals surface area (Å²) >= 11 is 1.70. The average Bonchev–Trinajstić information content (AvgIpc) is 3.11. The molecule has 3 heterocycles. The number of methoxy groups -OCH3 is 1. The summed E-state index contributed by atoms with van der Waals surface area (Å²) in [5, 5.41) is 5.52. The van der Waals surface area contributed by atoms with Crippen LogP contribution in [-0.2, 0) is 11.3 Å². The predicted octanol–water partition coefficient (Wildman–Crippen LogP) is 1.73. The lowest BCUT2D eigenvalue weighted by Crippen LogP contribution is -2.24. The van der Waals surface area contributed by atoms with E-state index in [1.54, 1.807) is 18.4 Å². The van der Waals surface area contributed by atoms with Crippen LogP contribution >= 0.6 is 11.3 Å². The minimum atomic E-state index is 0.741. The van der Waals surface area contributed by atoms with Gasteiger partial charge in [0, 0.05) is 44.9 Å². The van der Waals surface area contributed by atoms with Crippen molar-refractivity contribution in [3.63, 3.8) is 0 Å². The lowest BCUT2D eigenvalue weighted by atomic mass is 10.4. The molecule has 0 unspecified atom stereocenters. The molecule has 1 N–H and O–H groups in total. The Hall–Kier alpha value is -1.11. The highest BCUT2D eigenvalue weighted by Crippen LogP contribution is 2.27. The standard InChI is InChI=1S/C13H20N4OS/c1-18-8-4-14-10-11-12(16-5-2-3-6-16)15-13-17(11)7-9-19-13/h7,9,14H,2-6,8,10H2,1H3. The number of nitrogens with one attached hydrogen (secondary N) is 1. The van der Waals surface area contributed by atoms with Crippen molar-refractivity contribution < 1.29 is 4.74 Å². The van der Waals surface area contributed by atoms with E-state index in [2.05, 4.69) is 26.2 Å². The molecule has 1 aliphatic heterocycles. The summed E-state index contributed by atoms with van der Waals surface area (Å²) in [5.41, 5.74) is 1.27. The molecular weight excluding hydrogens is 260 g/mol. The van der Waals surface area contributed by atoms with Crippen molar-refractivity contribution in [3.05, 3.63) is 17.3 Å². The monoisotopic (exact) mass is 280 g/mol. The molecule has 0 saturated carbocycles. The molecule has 1 saturated heterocycles. The van der Waals surface area contributed by atoms with E-state index >= 15 is 0 Å². The highest BCUT2D eigenvalue weighted by atomic mass is 32.1. The fourth-order valence-corrected chi connectivity index (χ4v) is 3.28. The molecule has 0 spiro atoms. The van der Waals surface area contributed by atoms with Crippen molar-refractivity contribution in [2.45, 2.75) is 19.4 Å². The molecule has 0 amide bonds. The number of anilines is 1. The van der Waals surface area contributed by atoms with Gasteiger partial charge in [0.1, 0.15) is 0 Å². The predicted molar refractivity (Wildman–Crippen MR) is 78.1 cm³/mol. The second-order valence-corrected chi connectivity index (χ2v) is 5.67. The van der Waals surface area contributed by atoms with Crippen LogP contribution in [-0.4, -0.2) is 42.7 Å². The minimum absolute atomic E-state index is 0.741. The summed E-state index contributed by atoms with van der Waals surface area (Å²) in [6.45, 7) is 4.72. The molecule has 0 aliphatic carbocycles. The van der Waals surface area contributed by atoms with Crippen LogP contribution in [0.5, 0.6) is 0 Å². The van der Waals surface area contributed by atoms with Gasteiger partial charge in [0.05, 0.1) is 12.3 Å². The zero-order valence-corrected chi connectivity index (χ0v) is 12.1. The number of nitrogens with zero attached hydrogens (tertiary/aromatic N) is 3. The van der Waals surface area contributed by atoms with Crippen molar-refractivity contribution in [2.75, 3.05) is 38.3 Å². The summed E-state index contributed by atoms with van der Waals surface area (Å²) in [5.74, 6) is 1.16. The highest BCUT2D eigenvalue weighted by molar-refractivity contribution is 7.15. The van der Waals surface area contributed by atoms with Crippen molar-refractivity contribution in [1.82, 2.24) is 14.7 Å². The largest absolute Gasteiger partial charge is 0.383 e. The highest BCUT2D eigenvalue weighted by Gasteiger charge is 2.21. The number of thiazole rings is 1. The van der Waals surface area contributed by atoms with Gasteiger partial charge in [-0.3, -0.25) is 4.40 Å². The molecule has 3 rings (SSSR count). The zero-order valence-electron chi connectivity index (χ0n) is 11.3. The third-order valence-corrected chi connectivity index (χ3v) is 4.28. The summed E-state index contributed by atoms with van der Waals surface area (Å²) < 4.78 is 7.28. The number of hydrogen-bond acceptors (Lipinski definition) is 5. The van der Waals surface area contributed by atoms with Gasteiger partial charge in [-0.25, -0.2) is 4.98 Å². The van der Waals surface area contributed by atoms with Crippen LogP contribution in [0.2, 0.25) is 0 Å². The number of aromatic nitrogens is 2. The third-order valence-electron chi connectivity index (χ3n) is 3.52. The Morgan fingerprint density at radius 3 is 3.05 bits per heavy atom. The van der Waals surface area contributed by atoms with Crippen LogP contribution < -0.4 is 10.2 Å². The third kappa shape index (κ3) is 2.61. The van der Waals surface area contributed by atoms with E-state index in [1.807, 2.05) is 0 Å². The van der Waals surface area contributed by atoms with Gasteiger partial charge in [-0.15, -0.1) is 11.3 Å². The van der Waals surface area contributed by atoms with E-state index < -0.39 is 0 Å². The van der Waals surface area contributed by atoms with Gasteiger partial charge in [-0.05, 0) is 12.8 Å². The fourth-order valence-electron chi connectivity index (χ4n) is 2.55. The first-order valence-corrected chi connectivity index (χ1v) is 7.67. The molecule has 0 radical (unpaired) electrons. The van der Waals surface area contributed by atoms with Crippen molar-refractivity contribution >= 4 is 22.1 Å². The average molecular weight is 280 g/mol. The number of hydrogen-bond donors (Lipinski definition) is 1. The normalized spacial score (nSPS) is 15.7. The second-order valence-electron chi connectivity index (χ2n) is 4.80. The lowest BCUT2D eigenvalue weighted by Gasteiger charge is -2.16. The van der Waals surface area contributed by atoms with E-state index in [0.29, 0.717) is 0 Å². The molecular formula is C13H20N4OS. The maximum absolute atomic E-state index is 5.07. The summed E-state index contributed by atoms with van der Waals surface area (Å²) in [6.07, 6.45) is 4.67. The van der Waals surface area contributed by atoms with E-state index in [0.717, 1.165) is 43.6 Å². The topological polar surface area (TPSA) is 41.8 Å². The van der Waals surface area contributed by atoms with Gasteiger partial charge < -0.3 is 15.0 Å². The van der Waals surface area contributed by atoms with E-state index in [9.17, 15) is 0 Å². The van der Waals surface area contributed by atoms with Gasteiger partial charge in [0.25, 0.3) is 0 Å². The Balaban J connectivity index is 1.81. The molecule has 5 nitrogen and oxygen atoms in total. The zero-order chi connectivity index (χ0) is 13.1. The molecule has 6 heteroatoms. The van der Waals surface area contributed by atoms with Gasteiger partial charge in [-0.1, -0.05) is 0 Å². The number of ether oxygens (including phenoxy) is 1. The number of imidazole rings is 1. The fraction of sp³-hybridized carbons (Fsp3) is 0.615. The maximum atomic E-state index is 5.07. The molecule has 1 fully saturated rings.